The van der Waals surface area contributed by atoms with Gasteiger partial charge in [-0.25, -0.2) is 0 Å². The molecule has 13 heavy (non-hydrogen) atoms. The highest BCUT2D eigenvalue weighted by Gasteiger charge is 2.06. The van der Waals surface area contributed by atoms with Gasteiger partial charge in [0.1, 0.15) is 0 Å². The topological polar surface area (TPSA) is 29.1 Å². The van der Waals surface area contributed by atoms with Crippen molar-refractivity contribution >= 4 is 44.8 Å². The second kappa shape index (κ2) is 5.62. The maximum atomic E-state index is 11.4. The molecule has 1 amide bonds. The molecule has 0 atom stereocenters. The molecule has 0 aliphatic rings. The van der Waals surface area contributed by atoms with Crippen molar-refractivity contribution in [1.29, 1.82) is 0 Å². The van der Waals surface area contributed by atoms with Gasteiger partial charge in [0, 0.05) is 12.4 Å². The highest BCUT2D eigenvalue weighted by molar-refractivity contribution is 9.11. The quantitative estimate of drug-likeness (QED) is 0.668. The van der Waals surface area contributed by atoms with E-state index < -0.39 is 0 Å². The van der Waals surface area contributed by atoms with E-state index in [2.05, 4.69) is 21.2 Å². The first-order valence-corrected chi connectivity index (χ1v) is 5.98. The van der Waals surface area contributed by atoms with Gasteiger partial charge in [-0.3, -0.25) is 4.79 Å². The lowest BCUT2D eigenvalue weighted by molar-refractivity contribution is 0.0958. The third-order valence-corrected chi connectivity index (χ3v) is 3.28. The Morgan fingerprint density at radius 3 is 2.92 bits per heavy atom. The molecule has 1 aromatic heterocycles. The van der Waals surface area contributed by atoms with E-state index in [-0.39, 0.29) is 5.91 Å². The van der Waals surface area contributed by atoms with Crippen molar-refractivity contribution in [3.8, 4) is 0 Å². The Morgan fingerprint density at radius 1 is 1.62 bits per heavy atom. The first-order chi connectivity index (χ1) is 6.24. The molecule has 0 spiro atoms. The maximum absolute atomic E-state index is 11.4. The van der Waals surface area contributed by atoms with Crippen molar-refractivity contribution in [3.63, 3.8) is 0 Å². The normalized spacial score (nSPS) is 10.0. The van der Waals surface area contributed by atoms with E-state index in [1.54, 1.807) is 6.07 Å². The molecule has 5 heteroatoms. The van der Waals surface area contributed by atoms with Crippen LogP contribution in [0.3, 0.4) is 0 Å². The third-order valence-electron chi connectivity index (χ3n) is 1.39. The van der Waals surface area contributed by atoms with Crippen molar-refractivity contribution < 1.29 is 4.79 Å². The fraction of sp³-hybridized carbons (Fsp3) is 0.375. The van der Waals surface area contributed by atoms with Gasteiger partial charge in [-0.15, -0.1) is 22.9 Å². The van der Waals surface area contributed by atoms with Gasteiger partial charge in [0.25, 0.3) is 5.91 Å². The molecule has 0 aromatic carbocycles. The molecule has 1 aromatic rings. The van der Waals surface area contributed by atoms with E-state index in [0.29, 0.717) is 12.4 Å². The number of thiophene rings is 1. The number of alkyl halides is 1. The van der Waals surface area contributed by atoms with Crippen molar-refractivity contribution in [2.45, 2.75) is 6.42 Å². The van der Waals surface area contributed by atoms with Crippen LogP contribution in [-0.2, 0) is 0 Å². The lowest BCUT2D eigenvalue weighted by Crippen LogP contribution is -2.23. The minimum Gasteiger partial charge on any atom is -0.351 e. The zero-order valence-corrected chi connectivity index (χ0v) is 10.0. The van der Waals surface area contributed by atoms with Gasteiger partial charge in [0.05, 0.1) is 8.66 Å². The molecule has 0 unspecified atom stereocenters. The smallest absolute Gasteiger partial charge is 0.261 e. The Morgan fingerprint density at radius 2 is 2.38 bits per heavy atom. The Labute approximate surface area is 94.4 Å². The predicted molar refractivity (Wildman–Crippen MR) is 59.7 cm³/mol. The summed E-state index contributed by atoms with van der Waals surface area (Å²) in [4.78, 5) is 12.1. The minimum absolute atomic E-state index is 0.0270. The summed E-state index contributed by atoms with van der Waals surface area (Å²) < 4.78 is 0.968. The second-order valence-corrected chi connectivity index (χ2v) is 5.24. The summed E-state index contributed by atoms with van der Waals surface area (Å²) in [6.45, 7) is 0.637. The zero-order chi connectivity index (χ0) is 9.68. The van der Waals surface area contributed by atoms with Gasteiger partial charge < -0.3 is 5.32 Å². The summed E-state index contributed by atoms with van der Waals surface area (Å²) in [5.74, 6) is 0.551. The van der Waals surface area contributed by atoms with Crippen molar-refractivity contribution in [3.05, 3.63) is 20.8 Å². The highest BCUT2D eigenvalue weighted by atomic mass is 79.9. The number of amides is 1. The Balaban J connectivity index is 2.40. The maximum Gasteiger partial charge on any atom is 0.261 e. The van der Waals surface area contributed by atoms with Crippen LogP contribution in [0.1, 0.15) is 16.1 Å². The molecule has 72 valence electrons. The first-order valence-electron chi connectivity index (χ1n) is 3.83. The van der Waals surface area contributed by atoms with E-state index in [1.165, 1.54) is 11.3 Å². The monoisotopic (exact) mass is 281 g/mol. The van der Waals surface area contributed by atoms with Crippen molar-refractivity contribution in [1.82, 2.24) is 5.32 Å². The van der Waals surface area contributed by atoms with Gasteiger partial charge in [0.2, 0.25) is 0 Å². The average Bonchev–Trinajstić information content (AvgIpc) is 2.52. The number of halogens is 2. The first kappa shape index (κ1) is 11.0. The van der Waals surface area contributed by atoms with Crippen LogP contribution < -0.4 is 5.32 Å². The summed E-state index contributed by atoms with van der Waals surface area (Å²) in [6.07, 6.45) is 0.805. The summed E-state index contributed by atoms with van der Waals surface area (Å²) in [5.41, 5.74) is 0. The highest BCUT2D eigenvalue weighted by Crippen LogP contribution is 2.21. The van der Waals surface area contributed by atoms with Gasteiger partial charge in [-0.1, -0.05) is 0 Å². The van der Waals surface area contributed by atoms with E-state index in [9.17, 15) is 4.79 Å². The molecule has 0 fully saturated rings. The molecule has 0 saturated carbocycles. The molecule has 0 radical (unpaired) electrons. The lowest BCUT2D eigenvalue weighted by Gasteiger charge is -2.00. The molecule has 0 aliphatic carbocycles. The average molecular weight is 283 g/mol. The van der Waals surface area contributed by atoms with Crippen LogP contribution in [-0.4, -0.2) is 18.3 Å². The summed E-state index contributed by atoms with van der Waals surface area (Å²) >= 11 is 10.2. The fourth-order valence-electron chi connectivity index (χ4n) is 0.792. The minimum atomic E-state index is -0.0270. The van der Waals surface area contributed by atoms with Crippen LogP contribution in [0.15, 0.2) is 15.9 Å². The van der Waals surface area contributed by atoms with E-state index >= 15 is 0 Å². The predicted octanol–water partition coefficient (Wildman–Crippen LogP) is 2.87. The number of hydrogen-bond donors (Lipinski definition) is 1. The van der Waals surface area contributed by atoms with Crippen LogP contribution in [0.4, 0.5) is 0 Å². The summed E-state index contributed by atoms with van der Waals surface area (Å²) in [6, 6.07) is 3.66. The van der Waals surface area contributed by atoms with Crippen molar-refractivity contribution in [2.24, 2.45) is 0 Å². The van der Waals surface area contributed by atoms with Gasteiger partial charge >= 0.3 is 0 Å². The van der Waals surface area contributed by atoms with Crippen LogP contribution >= 0.6 is 38.9 Å². The Kier molecular flexibility index (Phi) is 4.77. The third kappa shape index (κ3) is 3.67. The number of carbonyl (C=O) groups is 1. The molecule has 0 bridgehead atoms. The van der Waals surface area contributed by atoms with E-state index in [0.717, 1.165) is 15.1 Å². The van der Waals surface area contributed by atoms with Gasteiger partial charge in [-0.05, 0) is 34.5 Å². The zero-order valence-electron chi connectivity index (χ0n) is 6.85. The standard InChI is InChI=1S/C8H9BrClNOS/c9-7-3-2-6(13-7)8(12)11-5-1-4-10/h2-3H,1,4-5H2,(H,11,12). The second-order valence-electron chi connectivity index (χ2n) is 2.40. The molecule has 1 heterocycles. The molecule has 2 nitrogen and oxygen atoms in total. The SMILES string of the molecule is O=C(NCCCCl)c1ccc(Br)s1. The van der Waals surface area contributed by atoms with Gasteiger partial charge in [-0.2, -0.15) is 0 Å². The fourth-order valence-corrected chi connectivity index (χ4v) is 2.23. The lowest BCUT2D eigenvalue weighted by atomic mass is 10.4. The Bertz CT molecular complexity index is 289. The Hall–Kier alpha value is -0.0600. The van der Waals surface area contributed by atoms with E-state index in [1.807, 2.05) is 6.07 Å². The van der Waals surface area contributed by atoms with Gasteiger partial charge in [0.15, 0.2) is 0 Å². The molecule has 1 N–H and O–H groups in total. The molecule has 0 saturated heterocycles. The molecular weight excluding hydrogens is 274 g/mol. The van der Waals surface area contributed by atoms with Crippen LogP contribution in [0, 0.1) is 0 Å². The summed E-state index contributed by atoms with van der Waals surface area (Å²) in [7, 11) is 0. The number of carbonyl (C=O) groups excluding carboxylic acids is 1. The van der Waals surface area contributed by atoms with Crippen molar-refractivity contribution in [2.75, 3.05) is 12.4 Å². The van der Waals surface area contributed by atoms with Crippen LogP contribution in [0.2, 0.25) is 0 Å². The van der Waals surface area contributed by atoms with E-state index in [4.69, 9.17) is 11.6 Å². The number of rotatable bonds is 4. The number of hydrogen-bond acceptors (Lipinski definition) is 2. The molecule has 1 rings (SSSR count). The number of nitrogens with one attached hydrogen (secondary N) is 1. The molecule has 0 aliphatic heterocycles. The summed E-state index contributed by atoms with van der Waals surface area (Å²) in [5, 5.41) is 2.78. The largest absolute Gasteiger partial charge is 0.351 e. The van der Waals surface area contributed by atoms with Crippen LogP contribution in [0.5, 0.6) is 0 Å². The molecular formula is C8H9BrClNOS. The van der Waals surface area contributed by atoms with Crippen LogP contribution in [0.25, 0.3) is 0 Å².